The van der Waals surface area contributed by atoms with Crippen molar-refractivity contribution in [2.24, 2.45) is 23.0 Å². The van der Waals surface area contributed by atoms with Gasteiger partial charge in [-0.25, -0.2) is 0 Å². The maximum Gasteiger partial charge on any atom is 0.0729 e. The molecule has 3 rings (SSSR count). The Morgan fingerprint density at radius 3 is 2.45 bits per heavy atom. The molecule has 0 bridgehead atoms. The normalized spacial score (nSPS) is 40.6. The molecule has 2 aliphatic heterocycles. The molecule has 20 heavy (non-hydrogen) atoms. The Bertz CT molecular complexity index is 330. The molecule has 0 aromatic heterocycles. The van der Waals surface area contributed by atoms with E-state index >= 15 is 0 Å². The number of hydrogen-bond donors (Lipinski definition) is 1. The lowest BCUT2D eigenvalue weighted by Crippen LogP contribution is -2.50. The summed E-state index contributed by atoms with van der Waals surface area (Å²) in [5.74, 6) is 1.46. The van der Waals surface area contributed by atoms with Crippen molar-refractivity contribution in [3.05, 3.63) is 0 Å². The molecular formula is C17H31NO2. The average Bonchev–Trinajstić information content (AvgIpc) is 2.42. The fraction of sp³-hybridized carbons (Fsp3) is 1.00. The fourth-order valence-corrected chi connectivity index (χ4v) is 4.70. The molecule has 0 aromatic carbocycles. The van der Waals surface area contributed by atoms with E-state index in [0.29, 0.717) is 17.4 Å². The van der Waals surface area contributed by atoms with Crippen LogP contribution in [0.3, 0.4) is 0 Å². The molecule has 1 saturated carbocycles. The first-order chi connectivity index (χ1) is 9.50. The highest BCUT2D eigenvalue weighted by molar-refractivity contribution is 4.96. The molecule has 2 N–H and O–H groups in total. The van der Waals surface area contributed by atoms with Crippen molar-refractivity contribution in [3.8, 4) is 0 Å². The monoisotopic (exact) mass is 281 g/mol. The largest absolute Gasteiger partial charge is 0.381 e. The van der Waals surface area contributed by atoms with E-state index in [2.05, 4.69) is 13.8 Å². The third-order valence-corrected chi connectivity index (χ3v) is 6.03. The summed E-state index contributed by atoms with van der Waals surface area (Å²) < 4.78 is 11.7. The van der Waals surface area contributed by atoms with Crippen molar-refractivity contribution in [2.75, 3.05) is 19.8 Å². The standard InChI is InChI=1S/C17H31NO2/c1-16(2)5-3-15(18)14(12-16)13-4-8-20-17(11-13)6-9-19-10-7-17/h13-15H,3-12,18H2,1-2H3. The van der Waals surface area contributed by atoms with Crippen molar-refractivity contribution in [1.29, 1.82) is 0 Å². The molecule has 1 spiro atoms. The van der Waals surface area contributed by atoms with Gasteiger partial charge in [0.2, 0.25) is 0 Å². The Hall–Kier alpha value is -0.120. The van der Waals surface area contributed by atoms with Crippen molar-refractivity contribution in [2.45, 2.75) is 70.4 Å². The van der Waals surface area contributed by atoms with Crippen LogP contribution in [-0.2, 0) is 9.47 Å². The van der Waals surface area contributed by atoms with Crippen LogP contribution in [0.15, 0.2) is 0 Å². The SMILES string of the molecule is CC1(C)CCC(N)C(C2CCOC3(CCOCC3)C2)C1. The van der Waals surface area contributed by atoms with Gasteiger partial charge in [-0.3, -0.25) is 0 Å². The number of rotatable bonds is 1. The summed E-state index contributed by atoms with van der Waals surface area (Å²) in [5.41, 5.74) is 7.07. The minimum atomic E-state index is 0.114. The van der Waals surface area contributed by atoms with Gasteiger partial charge in [0.15, 0.2) is 0 Å². The summed E-state index contributed by atoms with van der Waals surface area (Å²) in [6.07, 6.45) is 8.36. The second kappa shape index (κ2) is 5.58. The van der Waals surface area contributed by atoms with Gasteiger partial charge in [0.05, 0.1) is 5.60 Å². The van der Waals surface area contributed by atoms with Crippen LogP contribution in [0.25, 0.3) is 0 Å². The highest BCUT2D eigenvalue weighted by Gasteiger charge is 2.44. The summed E-state index contributed by atoms with van der Waals surface area (Å²) >= 11 is 0. The summed E-state index contributed by atoms with van der Waals surface area (Å²) in [6, 6.07) is 0.406. The first kappa shape index (κ1) is 14.8. The molecule has 0 amide bonds. The second-order valence-electron chi connectivity index (χ2n) is 8.13. The lowest BCUT2D eigenvalue weighted by molar-refractivity contribution is -0.156. The molecule has 0 aromatic rings. The van der Waals surface area contributed by atoms with Crippen LogP contribution >= 0.6 is 0 Å². The minimum Gasteiger partial charge on any atom is -0.381 e. The van der Waals surface area contributed by atoms with E-state index in [9.17, 15) is 0 Å². The first-order valence-electron chi connectivity index (χ1n) is 8.47. The van der Waals surface area contributed by atoms with Crippen LogP contribution in [-0.4, -0.2) is 31.5 Å². The smallest absolute Gasteiger partial charge is 0.0729 e. The molecule has 3 unspecified atom stereocenters. The van der Waals surface area contributed by atoms with E-state index in [0.717, 1.165) is 38.6 Å². The highest BCUT2D eigenvalue weighted by atomic mass is 16.5. The Morgan fingerprint density at radius 1 is 0.950 bits per heavy atom. The minimum absolute atomic E-state index is 0.114. The van der Waals surface area contributed by atoms with Crippen LogP contribution in [0.2, 0.25) is 0 Å². The lowest BCUT2D eigenvalue weighted by Gasteiger charge is -2.49. The molecule has 0 radical (unpaired) electrons. The summed E-state index contributed by atoms with van der Waals surface area (Å²) in [7, 11) is 0. The molecule has 3 fully saturated rings. The van der Waals surface area contributed by atoms with Crippen molar-refractivity contribution >= 4 is 0 Å². The highest BCUT2D eigenvalue weighted by Crippen LogP contribution is 2.47. The van der Waals surface area contributed by atoms with Gasteiger partial charge in [-0.2, -0.15) is 0 Å². The number of ether oxygens (including phenoxy) is 2. The third kappa shape index (κ3) is 3.05. The fourth-order valence-electron chi connectivity index (χ4n) is 4.70. The maximum atomic E-state index is 6.48. The van der Waals surface area contributed by atoms with Crippen molar-refractivity contribution in [1.82, 2.24) is 0 Å². The van der Waals surface area contributed by atoms with Crippen LogP contribution in [0.4, 0.5) is 0 Å². The zero-order valence-electron chi connectivity index (χ0n) is 13.2. The molecule has 3 aliphatic rings. The van der Waals surface area contributed by atoms with Gasteiger partial charge in [0, 0.05) is 25.9 Å². The molecule has 3 nitrogen and oxygen atoms in total. The van der Waals surface area contributed by atoms with Gasteiger partial charge in [-0.1, -0.05) is 13.8 Å². The van der Waals surface area contributed by atoms with Crippen LogP contribution in [0.5, 0.6) is 0 Å². The molecule has 116 valence electrons. The van der Waals surface area contributed by atoms with E-state index in [4.69, 9.17) is 15.2 Å². The van der Waals surface area contributed by atoms with Crippen LogP contribution in [0, 0.1) is 17.3 Å². The van der Waals surface area contributed by atoms with Gasteiger partial charge in [-0.15, -0.1) is 0 Å². The van der Waals surface area contributed by atoms with Crippen molar-refractivity contribution < 1.29 is 9.47 Å². The van der Waals surface area contributed by atoms with Gasteiger partial charge in [-0.05, 0) is 62.2 Å². The number of hydrogen-bond acceptors (Lipinski definition) is 3. The van der Waals surface area contributed by atoms with Gasteiger partial charge in [0.1, 0.15) is 0 Å². The first-order valence-corrected chi connectivity index (χ1v) is 8.47. The molecule has 1 aliphatic carbocycles. The zero-order chi connectivity index (χ0) is 14.2. The number of nitrogens with two attached hydrogens (primary N) is 1. The van der Waals surface area contributed by atoms with E-state index in [1.807, 2.05) is 0 Å². The Labute approximate surface area is 123 Å². The average molecular weight is 281 g/mol. The topological polar surface area (TPSA) is 44.5 Å². The predicted octanol–water partition coefficient (Wildman–Crippen LogP) is 3.12. The lowest BCUT2D eigenvalue weighted by atomic mass is 9.63. The molecule has 2 heterocycles. The Kier molecular flexibility index (Phi) is 4.13. The predicted molar refractivity (Wildman–Crippen MR) is 80.6 cm³/mol. The Balaban J connectivity index is 1.69. The molecule has 2 saturated heterocycles. The van der Waals surface area contributed by atoms with Gasteiger partial charge < -0.3 is 15.2 Å². The second-order valence-corrected chi connectivity index (χ2v) is 8.13. The van der Waals surface area contributed by atoms with E-state index in [-0.39, 0.29) is 5.60 Å². The summed E-state index contributed by atoms with van der Waals surface area (Å²) in [5, 5.41) is 0. The quantitative estimate of drug-likeness (QED) is 0.803. The van der Waals surface area contributed by atoms with Gasteiger partial charge >= 0.3 is 0 Å². The van der Waals surface area contributed by atoms with E-state index in [1.165, 1.54) is 32.1 Å². The van der Waals surface area contributed by atoms with Gasteiger partial charge in [0.25, 0.3) is 0 Å². The molecule has 3 atom stereocenters. The Morgan fingerprint density at radius 2 is 1.70 bits per heavy atom. The summed E-state index contributed by atoms with van der Waals surface area (Å²) in [4.78, 5) is 0. The molecule has 3 heteroatoms. The molecular weight excluding hydrogens is 250 g/mol. The zero-order valence-corrected chi connectivity index (χ0v) is 13.2. The third-order valence-electron chi connectivity index (χ3n) is 6.03. The van der Waals surface area contributed by atoms with E-state index < -0.39 is 0 Å². The van der Waals surface area contributed by atoms with Crippen LogP contribution in [0.1, 0.15) is 58.8 Å². The maximum absolute atomic E-state index is 6.48. The van der Waals surface area contributed by atoms with E-state index in [1.54, 1.807) is 0 Å². The summed E-state index contributed by atoms with van der Waals surface area (Å²) in [6.45, 7) is 7.49. The van der Waals surface area contributed by atoms with Crippen molar-refractivity contribution in [3.63, 3.8) is 0 Å². The van der Waals surface area contributed by atoms with Crippen LogP contribution < -0.4 is 5.73 Å².